The molecule has 1 atom stereocenters. The molecular formula is C20H32N6. The first-order valence-corrected chi connectivity index (χ1v) is 10.0. The zero-order valence-corrected chi connectivity index (χ0v) is 16.6. The molecule has 0 aromatic carbocycles. The smallest absolute Gasteiger partial charge is 0.157 e. The van der Waals surface area contributed by atoms with Crippen LogP contribution in [0.15, 0.2) is 12.1 Å². The molecular weight excluding hydrogens is 324 g/mol. The first-order valence-electron chi connectivity index (χ1n) is 10.0. The SMILES string of the molecule is Cc1cc(N2CCC([C@H](C)N3CCN(C)CC3)CC2)n2nc(C)cc2n1. The number of rotatable bonds is 3. The Morgan fingerprint density at radius 2 is 1.65 bits per heavy atom. The number of anilines is 1. The number of aromatic nitrogens is 3. The van der Waals surface area contributed by atoms with Gasteiger partial charge in [0, 0.05) is 63.1 Å². The number of piperazine rings is 1. The van der Waals surface area contributed by atoms with E-state index in [2.05, 4.69) is 57.8 Å². The van der Waals surface area contributed by atoms with Crippen molar-refractivity contribution in [2.24, 2.45) is 5.92 Å². The van der Waals surface area contributed by atoms with Crippen LogP contribution < -0.4 is 4.90 Å². The standard InChI is InChI=1S/C20H32N6/c1-15-14-20(26-19(21-15)13-16(2)22-26)25-7-5-18(6-8-25)17(3)24-11-9-23(4)10-12-24/h13-14,17-18H,5-12H2,1-4H3/t17-/m0/s1. The van der Waals surface area contributed by atoms with Crippen molar-refractivity contribution in [3.05, 3.63) is 23.5 Å². The third-order valence-electron chi connectivity index (χ3n) is 6.32. The summed E-state index contributed by atoms with van der Waals surface area (Å²) in [5.41, 5.74) is 3.06. The highest BCUT2D eigenvalue weighted by Gasteiger charge is 2.30. The zero-order valence-electron chi connectivity index (χ0n) is 16.6. The van der Waals surface area contributed by atoms with E-state index >= 15 is 0 Å². The minimum absolute atomic E-state index is 0.692. The maximum absolute atomic E-state index is 4.66. The van der Waals surface area contributed by atoms with E-state index in [0.717, 1.165) is 36.0 Å². The summed E-state index contributed by atoms with van der Waals surface area (Å²) in [6.45, 7) is 13.6. The molecule has 2 aliphatic heterocycles. The molecule has 0 N–H and O–H groups in total. The van der Waals surface area contributed by atoms with Gasteiger partial charge in [0.25, 0.3) is 0 Å². The Morgan fingerprint density at radius 3 is 2.35 bits per heavy atom. The highest BCUT2D eigenvalue weighted by Crippen LogP contribution is 2.28. The predicted molar refractivity (Wildman–Crippen MR) is 106 cm³/mol. The van der Waals surface area contributed by atoms with E-state index in [1.54, 1.807) is 0 Å². The van der Waals surface area contributed by atoms with Gasteiger partial charge in [-0.15, -0.1) is 0 Å². The van der Waals surface area contributed by atoms with Crippen molar-refractivity contribution in [1.82, 2.24) is 24.4 Å². The van der Waals surface area contributed by atoms with Crippen molar-refractivity contribution in [2.75, 3.05) is 51.2 Å². The van der Waals surface area contributed by atoms with E-state index in [1.807, 2.05) is 11.4 Å². The minimum atomic E-state index is 0.692. The molecule has 0 aliphatic carbocycles. The van der Waals surface area contributed by atoms with Crippen LogP contribution >= 0.6 is 0 Å². The number of fused-ring (bicyclic) bond motifs is 1. The number of aryl methyl sites for hydroxylation is 2. The van der Waals surface area contributed by atoms with E-state index in [0.29, 0.717) is 6.04 Å². The molecule has 2 aliphatic rings. The van der Waals surface area contributed by atoms with Crippen LogP contribution in [0.25, 0.3) is 5.65 Å². The van der Waals surface area contributed by atoms with Crippen molar-refractivity contribution in [3.63, 3.8) is 0 Å². The summed E-state index contributed by atoms with van der Waals surface area (Å²) in [7, 11) is 2.23. The number of hydrogen-bond acceptors (Lipinski definition) is 5. The summed E-state index contributed by atoms with van der Waals surface area (Å²) < 4.78 is 2.02. The third kappa shape index (κ3) is 3.45. The quantitative estimate of drug-likeness (QED) is 0.843. The number of nitrogens with zero attached hydrogens (tertiary/aromatic N) is 6. The van der Waals surface area contributed by atoms with E-state index < -0.39 is 0 Å². The van der Waals surface area contributed by atoms with Crippen LogP contribution in [0.3, 0.4) is 0 Å². The van der Waals surface area contributed by atoms with Crippen LogP contribution in [0.2, 0.25) is 0 Å². The highest BCUT2D eigenvalue weighted by molar-refractivity contribution is 5.52. The van der Waals surface area contributed by atoms with Crippen LogP contribution in [0.4, 0.5) is 5.82 Å². The lowest BCUT2D eigenvalue weighted by Crippen LogP contribution is -2.51. The lowest BCUT2D eigenvalue weighted by atomic mass is 9.89. The molecule has 4 rings (SSSR count). The lowest BCUT2D eigenvalue weighted by Gasteiger charge is -2.43. The Labute approximate surface area is 156 Å². The highest BCUT2D eigenvalue weighted by atomic mass is 15.4. The number of hydrogen-bond donors (Lipinski definition) is 0. The van der Waals surface area contributed by atoms with Crippen molar-refractivity contribution >= 4 is 11.5 Å². The van der Waals surface area contributed by atoms with E-state index in [9.17, 15) is 0 Å². The number of likely N-dealkylation sites (N-methyl/N-ethyl adjacent to an activating group) is 1. The summed E-state index contributed by atoms with van der Waals surface area (Å²) in [5.74, 6) is 2.00. The molecule has 0 spiro atoms. The van der Waals surface area contributed by atoms with Gasteiger partial charge in [0.15, 0.2) is 5.65 Å². The molecule has 2 aromatic rings. The summed E-state index contributed by atoms with van der Waals surface area (Å²) in [6, 6.07) is 4.94. The fourth-order valence-electron chi connectivity index (χ4n) is 4.56. The summed E-state index contributed by atoms with van der Waals surface area (Å²) in [5, 5.41) is 4.66. The first-order chi connectivity index (χ1) is 12.5. The zero-order chi connectivity index (χ0) is 18.3. The van der Waals surface area contributed by atoms with Gasteiger partial charge in [-0.2, -0.15) is 9.61 Å². The molecule has 0 radical (unpaired) electrons. The third-order valence-corrected chi connectivity index (χ3v) is 6.32. The van der Waals surface area contributed by atoms with Gasteiger partial charge in [-0.25, -0.2) is 4.98 Å². The fraction of sp³-hybridized carbons (Fsp3) is 0.700. The largest absolute Gasteiger partial charge is 0.356 e. The second-order valence-corrected chi connectivity index (χ2v) is 8.22. The van der Waals surface area contributed by atoms with Gasteiger partial charge in [-0.3, -0.25) is 4.90 Å². The van der Waals surface area contributed by atoms with Crippen LogP contribution in [0.5, 0.6) is 0 Å². The summed E-state index contributed by atoms with van der Waals surface area (Å²) >= 11 is 0. The predicted octanol–water partition coefficient (Wildman–Crippen LogP) is 2.20. The van der Waals surface area contributed by atoms with Crippen molar-refractivity contribution in [1.29, 1.82) is 0 Å². The maximum Gasteiger partial charge on any atom is 0.157 e. The van der Waals surface area contributed by atoms with E-state index in [1.165, 1.54) is 44.8 Å². The topological polar surface area (TPSA) is 39.9 Å². The van der Waals surface area contributed by atoms with Crippen molar-refractivity contribution in [3.8, 4) is 0 Å². The van der Waals surface area contributed by atoms with Gasteiger partial charge < -0.3 is 9.80 Å². The Balaban J connectivity index is 1.44. The molecule has 0 amide bonds. The van der Waals surface area contributed by atoms with E-state index in [-0.39, 0.29) is 0 Å². The van der Waals surface area contributed by atoms with Crippen molar-refractivity contribution in [2.45, 2.75) is 39.7 Å². The molecule has 2 saturated heterocycles. The second-order valence-electron chi connectivity index (χ2n) is 8.22. The van der Waals surface area contributed by atoms with Gasteiger partial charge in [-0.1, -0.05) is 0 Å². The molecule has 4 heterocycles. The molecule has 26 heavy (non-hydrogen) atoms. The van der Waals surface area contributed by atoms with Gasteiger partial charge in [-0.05, 0) is 46.6 Å². The van der Waals surface area contributed by atoms with Gasteiger partial charge in [0.1, 0.15) is 5.82 Å². The van der Waals surface area contributed by atoms with Gasteiger partial charge in [0.05, 0.1) is 5.69 Å². The molecule has 6 nitrogen and oxygen atoms in total. The molecule has 6 heteroatoms. The molecule has 0 bridgehead atoms. The molecule has 2 aromatic heterocycles. The van der Waals surface area contributed by atoms with Crippen LogP contribution in [-0.4, -0.2) is 76.8 Å². The Hall–Kier alpha value is -1.66. The fourth-order valence-corrected chi connectivity index (χ4v) is 4.56. The second kappa shape index (κ2) is 7.16. The summed E-state index contributed by atoms with van der Waals surface area (Å²) in [6.07, 6.45) is 2.52. The van der Waals surface area contributed by atoms with E-state index in [4.69, 9.17) is 0 Å². The van der Waals surface area contributed by atoms with Crippen molar-refractivity contribution < 1.29 is 0 Å². The summed E-state index contributed by atoms with van der Waals surface area (Å²) in [4.78, 5) is 12.3. The van der Waals surface area contributed by atoms with Crippen LogP contribution in [-0.2, 0) is 0 Å². The average Bonchev–Trinajstić information content (AvgIpc) is 3.01. The normalized spacial score (nSPS) is 22.2. The monoisotopic (exact) mass is 356 g/mol. The Kier molecular flexibility index (Phi) is 4.88. The Bertz CT molecular complexity index is 753. The molecule has 142 valence electrons. The van der Waals surface area contributed by atoms with Gasteiger partial charge >= 0.3 is 0 Å². The lowest BCUT2D eigenvalue weighted by molar-refractivity contribution is 0.0813. The molecule has 2 fully saturated rings. The number of piperidine rings is 1. The average molecular weight is 357 g/mol. The Morgan fingerprint density at radius 1 is 0.962 bits per heavy atom. The minimum Gasteiger partial charge on any atom is -0.356 e. The van der Waals surface area contributed by atoms with Gasteiger partial charge in [0.2, 0.25) is 0 Å². The maximum atomic E-state index is 4.66. The van der Waals surface area contributed by atoms with Crippen LogP contribution in [0.1, 0.15) is 31.2 Å². The molecule has 0 unspecified atom stereocenters. The molecule has 0 saturated carbocycles. The van der Waals surface area contributed by atoms with Crippen LogP contribution in [0, 0.1) is 19.8 Å². The first kappa shape index (κ1) is 17.7.